The first-order valence-electron chi connectivity index (χ1n) is 4.70. The zero-order valence-corrected chi connectivity index (χ0v) is 10.5. The Morgan fingerprint density at radius 1 is 1.40 bits per heavy atom. The number of benzene rings is 1. The quantitative estimate of drug-likeness (QED) is 0.671. The molecule has 82 valence electrons. The van der Waals surface area contributed by atoms with Crippen LogP contribution in [0.15, 0.2) is 24.3 Å². The van der Waals surface area contributed by atoms with Gasteiger partial charge in [0.2, 0.25) is 5.91 Å². The van der Waals surface area contributed by atoms with Gasteiger partial charge in [-0.05, 0) is 24.1 Å². The molecule has 0 bridgehead atoms. The minimum atomic E-state index is -0.170. The van der Waals surface area contributed by atoms with E-state index >= 15 is 0 Å². The van der Waals surface area contributed by atoms with Gasteiger partial charge in [0.05, 0.1) is 4.83 Å². The van der Waals surface area contributed by atoms with Crippen molar-refractivity contribution in [3.05, 3.63) is 29.8 Å². The van der Waals surface area contributed by atoms with Crippen LogP contribution in [0.25, 0.3) is 0 Å². The summed E-state index contributed by atoms with van der Waals surface area (Å²) in [5, 5.41) is 0. The van der Waals surface area contributed by atoms with Gasteiger partial charge in [0.15, 0.2) is 0 Å². The number of nitrogens with zero attached hydrogens (tertiary/aromatic N) is 1. The number of amides is 1. The topological polar surface area (TPSA) is 46.3 Å². The van der Waals surface area contributed by atoms with Crippen LogP contribution in [0, 0.1) is 0 Å². The Bertz CT molecular complexity index is 335. The summed E-state index contributed by atoms with van der Waals surface area (Å²) < 4.78 is 0. The number of nitrogens with two attached hydrogens (primary N) is 1. The van der Waals surface area contributed by atoms with Gasteiger partial charge < -0.3 is 10.6 Å². The van der Waals surface area contributed by atoms with Crippen molar-refractivity contribution in [1.82, 2.24) is 4.90 Å². The van der Waals surface area contributed by atoms with Gasteiger partial charge >= 0.3 is 0 Å². The maximum Gasteiger partial charge on any atom is 0.236 e. The molecule has 4 heteroatoms. The highest BCUT2D eigenvalue weighted by Crippen LogP contribution is 2.13. The van der Waals surface area contributed by atoms with Gasteiger partial charge in [0, 0.05) is 19.8 Å². The molecule has 1 aromatic rings. The van der Waals surface area contributed by atoms with E-state index in [1.165, 1.54) is 0 Å². The van der Waals surface area contributed by atoms with Crippen LogP contribution in [0.2, 0.25) is 0 Å². The van der Waals surface area contributed by atoms with Gasteiger partial charge in [-0.15, -0.1) is 0 Å². The van der Waals surface area contributed by atoms with E-state index < -0.39 is 0 Å². The van der Waals surface area contributed by atoms with E-state index in [-0.39, 0.29) is 10.7 Å². The number of nitrogen functional groups attached to an aromatic ring is 1. The second kappa shape index (κ2) is 5.16. The molecule has 0 spiro atoms. The van der Waals surface area contributed by atoms with Crippen molar-refractivity contribution in [3.63, 3.8) is 0 Å². The van der Waals surface area contributed by atoms with Gasteiger partial charge in [-0.1, -0.05) is 28.1 Å². The fraction of sp³-hybridized carbons (Fsp3) is 0.364. The van der Waals surface area contributed by atoms with Crippen molar-refractivity contribution in [1.29, 1.82) is 0 Å². The van der Waals surface area contributed by atoms with Crippen molar-refractivity contribution in [3.8, 4) is 0 Å². The summed E-state index contributed by atoms with van der Waals surface area (Å²) in [6, 6.07) is 7.56. The zero-order valence-electron chi connectivity index (χ0n) is 8.90. The first kappa shape index (κ1) is 12.0. The zero-order chi connectivity index (χ0) is 11.4. The van der Waals surface area contributed by atoms with Crippen LogP contribution in [0.1, 0.15) is 5.56 Å². The van der Waals surface area contributed by atoms with Gasteiger partial charge in [-0.2, -0.15) is 0 Å². The normalized spacial score (nSPS) is 12.2. The third-order valence-electron chi connectivity index (χ3n) is 2.10. The minimum Gasteiger partial charge on any atom is -0.399 e. The Morgan fingerprint density at radius 3 is 2.40 bits per heavy atom. The Kier molecular flexibility index (Phi) is 4.15. The third kappa shape index (κ3) is 3.55. The molecule has 1 atom stereocenters. The van der Waals surface area contributed by atoms with Crippen LogP contribution < -0.4 is 5.73 Å². The second-order valence-corrected chi connectivity index (χ2v) is 4.75. The second-order valence-electron chi connectivity index (χ2n) is 3.65. The molecule has 0 saturated heterocycles. The van der Waals surface area contributed by atoms with Crippen molar-refractivity contribution in [2.24, 2.45) is 0 Å². The third-order valence-corrected chi connectivity index (χ3v) is 2.82. The molecule has 0 radical (unpaired) electrons. The average Bonchev–Trinajstić information content (AvgIpc) is 2.20. The minimum absolute atomic E-state index is 0.0758. The van der Waals surface area contributed by atoms with Crippen molar-refractivity contribution in [2.45, 2.75) is 11.2 Å². The fourth-order valence-electron chi connectivity index (χ4n) is 1.23. The van der Waals surface area contributed by atoms with E-state index in [0.717, 1.165) is 11.3 Å². The van der Waals surface area contributed by atoms with E-state index in [1.54, 1.807) is 19.0 Å². The number of halogens is 1. The largest absolute Gasteiger partial charge is 0.399 e. The van der Waals surface area contributed by atoms with Crippen LogP contribution in [0.5, 0.6) is 0 Å². The highest BCUT2D eigenvalue weighted by molar-refractivity contribution is 9.10. The molecule has 1 rings (SSSR count). The molecule has 1 amide bonds. The molecule has 0 fully saturated rings. The number of hydrogen-bond donors (Lipinski definition) is 1. The summed E-state index contributed by atoms with van der Waals surface area (Å²) in [6.07, 6.45) is 0.678. The van der Waals surface area contributed by atoms with E-state index in [1.807, 2.05) is 24.3 Å². The predicted octanol–water partition coefficient (Wildman–Crippen LogP) is 1.66. The molecule has 3 nitrogen and oxygen atoms in total. The Labute approximate surface area is 98.4 Å². The molecular weight excluding hydrogens is 256 g/mol. The van der Waals surface area contributed by atoms with Gasteiger partial charge in [-0.3, -0.25) is 4.79 Å². The SMILES string of the molecule is CN(C)C(=O)C(Br)Cc1ccc(N)cc1. The molecule has 0 heterocycles. The monoisotopic (exact) mass is 270 g/mol. The summed E-state index contributed by atoms with van der Waals surface area (Å²) in [7, 11) is 3.50. The predicted molar refractivity (Wildman–Crippen MR) is 66.0 cm³/mol. The molecule has 1 unspecified atom stereocenters. The molecule has 0 saturated carbocycles. The molecule has 0 aromatic heterocycles. The summed E-state index contributed by atoms with van der Waals surface area (Å²) in [5.41, 5.74) is 7.42. The van der Waals surface area contributed by atoms with Gasteiger partial charge in [0.25, 0.3) is 0 Å². The molecule has 2 N–H and O–H groups in total. The lowest BCUT2D eigenvalue weighted by Gasteiger charge is -2.15. The maximum absolute atomic E-state index is 11.6. The molecule has 0 aliphatic heterocycles. The van der Waals surface area contributed by atoms with Crippen LogP contribution in [0.3, 0.4) is 0 Å². The summed E-state index contributed by atoms with van der Waals surface area (Å²) in [6.45, 7) is 0. The van der Waals surface area contributed by atoms with Crippen molar-refractivity contribution < 1.29 is 4.79 Å². The number of carbonyl (C=O) groups excluding carboxylic acids is 1. The average molecular weight is 271 g/mol. The maximum atomic E-state index is 11.6. The van der Waals surface area contributed by atoms with Gasteiger partial charge in [-0.25, -0.2) is 0 Å². The van der Waals surface area contributed by atoms with Gasteiger partial charge in [0.1, 0.15) is 0 Å². The smallest absolute Gasteiger partial charge is 0.236 e. The summed E-state index contributed by atoms with van der Waals surface area (Å²) >= 11 is 3.38. The van der Waals surface area contributed by atoms with E-state index in [0.29, 0.717) is 6.42 Å². The number of rotatable bonds is 3. The fourth-order valence-corrected chi connectivity index (χ4v) is 2.01. The van der Waals surface area contributed by atoms with Crippen LogP contribution in [-0.2, 0) is 11.2 Å². The molecule has 15 heavy (non-hydrogen) atoms. The lowest BCUT2D eigenvalue weighted by molar-refractivity contribution is -0.127. The van der Waals surface area contributed by atoms with Crippen molar-refractivity contribution in [2.75, 3.05) is 19.8 Å². The Hall–Kier alpha value is -1.03. The van der Waals surface area contributed by atoms with E-state index in [2.05, 4.69) is 15.9 Å². The Morgan fingerprint density at radius 2 is 1.93 bits per heavy atom. The van der Waals surface area contributed by atoms with E-state index in [9.17, 15) is 4.79 Å². The van der Waals surface area contributed by atoms with Crippen molar-refractivity contribution >= 4 is 27.5 Å². The number of anilines is 1. The van der Waals surface area contributed by atoms with Crippen LogP contribution in [0.4, 0.5) is 5.69 Å². The van der Waals surface area contributed by atoms with Crippen LogP contribution in [-0.4, -0.2) is 29.7 Å². The first-order valence-corrected chi connectivity index (χ1v) is 5.62. The first-order chi connectivity index (χ1) is 7.00. The molecular formula is C11H15BrN2O. The number of carbonyl (C=O) groups is 1. The Balaban J connectivity index is 2.62. The van der Waals surface area contributed by atoms with E-state index in [4.69, 9.17) is 5.73 Å². The summed E-state index contributed by atoms with van der Waals surface area (Å²) in [4.78, 5) is 13.0. The number of alkyl halides is 1. The summed E-state index contributed by atoms with van der Waals surface area (Å²) in [5.74, 6) is 0.0758. The van der Waals surface area contributed by atoms with Crippen LogP contribution >= 0.6 is 15.9 Å². The molecule has 0 aliphatic rings. The molecule has 1 aromatic carbocycles. The molecule has 0 aliphatic carbocycles. The lowest BCUT2D eigenvalue weighted by atomic mass is 10.1. The highest BCUT2D eigenvalue weighted by atomic mass is 79.9. The lowest BCUT2D eigenvalue weighted by Crippen LogP contribution is -2.31. The number of hydrogen-bond acceptors (Lipinski definition) is 2. The standard InChI is InChI=1S/C11H15BrN2O/c1-14(2)11(15)10(12)7-8-3-5-9(13)6-4-8/h3-6,10H,7,13H2,1-2H3. The highest BCUT2D eigenvalue weighted by Gasteiger charge is 2.16.